The predicted molar refractivity (Wildman–Crippen MR) is 116 cm³/mol. The van der Waals surface area contributed by atoms with E-state index < -0.39 is 5.95 Å². The van der Waals surface area contributed by atoms with Crippen LogP contribution in [0.15, 0.2) is 54.9 Å². The Bertz CT molecular complexity index is 1150. The van der Waals surface area contributed by atoms with Gasteiger partial charge in [-0.15, -0.1) is 0 Å². The van der Waals surface area contributed by atoms with E-state index >= 15 is 0 Å². The summed E-state index contributed by atoms with van der Waals surface area (Å²) < 4.78 is 14.7. The van der Waals surface area contributed by atoms with E-state index in [9.17, 15) is 4.39 Å². The van der Waals surface area contributed by atoms with Gasteiger partial charge in [0.15, 0.2) is 0 Å². The molecule has 0 bridgehead atoms. The first-order chi connectivity index (χ1) is 14.0. The first kappa shape index (κ1) is 19.1. The van der Waals surface area contributed by atoms with E-state index in [0.717, 1.165) is 34.3 Å². The van der Waals surface area contributed by atoms with Crippen LogP contribution < -0.4 is 4.90 Å². The van der Waals surface area contributed by atoms with E-state index in [0.29, 0.717) is 18.4 Å². The molecule has 3 heterocycles. The molecular weight excluding hydrogens is 363 g/mol. The largest absolute Gasteiger partial charge is 0.377 e. The van der Waals surface area contributed by atoms with Gasteiger partial charge in [-0.05, 0) is 54.7 Å². The number of rotatable bonds is 6. The number of aryl methyl sites for hydroxylation is 3. The molecule has 4 nitrogen and oxygen atoms in total. The maximum atomic E-state index is 14.7. The van der Waals surface area contributed by atoms with Crippen LogP contribution in [-0.4, -0.2) is 29.0 Å². The topological polar surface area (TPSA) is 44.8 Å². The fourth-order valence-electron chi connectivity index (χ4n) is 3.71. The zero-order valence-electron chi connectivity index (χ0n) is 17.0. The maximum Gasteiger partial charge on any atom is 0.216 e. The summed E-state index contributed by atoms with van der Waals surface area (Å²) in [6, 6.07) is 14.2. The lowest BCUT2D eigenvalue weighted by Crippen LogP contribution is -2.11. The number of H-pyrrole nitrogens is 1. The number of anilines is 1. The average Bonchev–Trinajstić information content (AvgIpc) is 3.10. The number of nitrogens with one attached hydrogen (secondary N) is 1. The Labute approximate surface area is 170 Å². The first-order valence-corrected chi connectivity index (χ1v) is 9.83. The molecule has 3 aromatic heterocycles. The zero-order chi connectivity index (χ0) is 20.4. The summed E-state index contributed by atoms with van der Waals surface area (Å²) in [6.07, 6.45) is 5.76. The minimum absolute atomic E-state index is 0.390. The summed E-state index contributed by atoms with van der Waals surface area (Å²) in [5, 5.41) is 1.04. The van der Waals surface area contributed by atoms with Crippen LogP contribution in [0, 0.1) is 12.9 Å². The van der Waals surface area contributed by atoms with E-state index in [1.807, 2.05) is 57.7 Å². The molecule has 0 aliphatic heterocycles. The third-order valence-electron chi connectivity index (χ3n) is 5.24. The molecule has 1 N–H and O–H groups in total. The molecule has 0 aliphatic rings. The number of fused-ring (bicyclic) bond motifs is 1. The second-order valence-corrected chi connectivity index (χ2v) is 7.68. The number of hydrogen-bond donors (Lipinski definition) is 1. The highest BCUT2D eigenvalue weighted by molar-refractivity contribution is 5.80. The van der Waals surface area contributed by atoms with Gasteiger partial charge < -0.3 is 9.88 Å². The van der Waals surface area contributed by atoms with Crippen LogP contribution in [0.2, 0.25) is 0 Å². The Morgan fingerprint density at radius 2 is 1.83 bits per heavy atom. The molecule has 0 radical (unpaired) electrons. The molecule has 0 saturated heterocycles. The maximum absolute atomic E-state index is 14.7. The zero-order valence-corrected chi connectivity index (χ0v) is 17.0. The second kappa shape index (κ2) is 8.03. The average molecular weight is 388 g/mol. The summed E-state index contributed by atoms with van der Waals surface area (Å²) >= 11 is 0. The van der Waals surface area contributed by atoms with Crippen LogP contribution in [0.1, 0.15) is 27.9 Å². The van der Waals surface area contributed by atoms with Gasteiger partial charge in [0.25, 0.3) is 0 Å². The van der Waals surface area contributed by atoms with Crippen LogP contribution in [0.4, 0.5) is 10.1 Å². The van der Waals surface area contributed by atoms with Crippen LogP contribution in [0.25, 0.3) is 11.0 Å². The number of halogens is 1. The quantitative estimate of drug-likeness (QED) is 0.480. The molecule has 0 spiro atoms. The molecule has 1 aromatic carbocycles. The first-order valence-electron chi connectivity index (χ1n) is 9.83. The Balaban J connectivity index is 1.50. The Morgan fingerprint density at radius 1 is 1.00 bits per heavy atom. The summed E-state index contributed by atoms with van der Waals surface area (Å²) in [6.45, 7) is 2.01. The molecule has 4 rings (SSSR count). The van der Waals surface area contributed by atoms with Crippen molar-refractivity contribution in [1.82, 2.24) is 15.0 Å². The number of pyridine rings is 2. The molecule has 0 atom stereocenters. The van der Waals surface area contributed by atoms with Gasteiger partial charge in [0.2, 0.25) is 5.95 Å². The van der Waals surface area contributed by atoms with E-state index in [4.69, 9.17) is 0 Å². The number of aromatic nitrogens is 3. The fraction of sp³-hybridized carbons (Fsp3) is 0.250. The standard InChI is InChI=1S/C24H25FN4/c1-16-12-21-19(15-27-24(21)26-14-16)13-18-9-11-20(28-23(18)25)10-8-17-6-4-5-7-22(17)29(2)3/h4-7,9,11-12,14-15H,8,10,13H2,1-3H3,(H,26,27). The highest BCUT2D eigenvalue weighted by Crippen LogP contribution is 2.23. The summed E-state index contributed by atoms with van der Waals surface area (Å²) in [7, 11) is 4.07. The van der Waals surface area contributed by atoms with Gasteiger partial charge in [-0.3, -0.25) is 0 Å². The smallest absolute Gasteiger partial charge is 0.216 e. The van der Waals surface area contributed by atoms with Crippen molar-refractivity contribution in [3.63, 3.8) is 0 Å². The number of benzene rings is 1. The van der Waals surface area contributed by atoms with E-state index in [2.05, 4.69) is 38.1 Å². The summed E-state index contributed by atoms with van der Waals surface area (Å²) in [5.41, 5.74) is 6.75. The summed E-state index contributed by atoms with van der Waals surface area (Å²) in [5.74, 6) is -0.390. The number of para-hydroxylation sites is 1. The van der Waals surface area contributed by atoms with Crippen LogP contribution in [0.5, 0.6) is 0 Å². The predicted octanol–water partition coefficient (Wildman–Crippen LogP) is 4.85. The molecule has 5 heteroatoms. The molecule has 0 fully saturated rings. The van der Waals surface area contributed by atoms with E-state index in [-0.39, 0.29) is 0 Å². The molecular formula is C24H25FN4. The van der Waals surface area contributed by atoms with Crippen molar-refractivity contribution in [3.8, 4) is 0 Å². The van der Waals surface area contributed by atoms with Gasteiger partial charge in [0, 0.05) is 55.2 Å². The Hall–Kier alpha value is -3.21. The fourth-order valence-corrected chi connectivity index (χ4v) is 3.71. The highest BCUT2D eigenvalue weighted by Gasteiger charge is 2.11. The molecule has 0 unspecified atom stereocenters. The lowest BCUT2D eigenvalue weighted by molar-refractivity contribution is 0.563. The van der Waals surface area contributed by atoms with Crippen LogP contribution >= 0.6 is 0 Å². The van der Waals surface area contributed by atoms with Gasteiger partial charge in [0.05, 0.1) is 0 Å². The van der Waals surface area contributed by atoms with Gasteiger partial charge in [-0.25, -0.2) is 9.97 Å². The third-order valence-corrected chi connectivity index (χ3v) is 5.24. The number of nitrogens with zero attached hydrogens (tertiary/aromatic N) is 3. The van der Waals surface area contributed by atoms with Crippen molar-refractivity contribution in [2.45, 2.75) is 26.2 Å². The van der Waals surface area contributed by atoms with Gasteiger partial charge in [0.1, 0.15) is 5.65 Å². The summed E-state index contributed by atoms with van der Waals surface area (Å²) in [4.78, 5) is 13.9. The molecule has 148 valence electrons. The van der Waals surface area contributed by atoms with Gasteiger partial charge in [-0.1, -0.05) is 24.3 Å². The van der Waals surface area contributed by atoms with Crippen molar-refractivity contribution in [3.05, 3.63) is 88.8 Å². The van der Waals surface area contributed by atoms with Crippen molar-refractivity contribution in [1.29, 1.82) is 0 Å². The van der Waals surface area contributed by atoms with Crippen molar-refractivity contribution in [2.75, 3.05) is 19.0 Å². The van der Waals surface area contributed by atoms with Crippen molar-refractivity contribution in [2.24, 2.45) is 0 Å². The van der Waals surface area contributed by atoms with E-state index in [1.54, 1.807) is 0 Å². The molecule has 0 saturated carbocycles. The monoisotopic (exact) mass is 388 g/mol. The lowest BCUT2D eigenvalue weighted by atomic mass is 10.0. The molecule has 0 amide bonds. The second-order valence-electron chi connectivity index (χ2n) is 7.68. The molecule has 0 aliphatic carbocycles. The van der Waals surface area contributed by atoms with Crippen LogP contribution in [-0.2, 0) is 19.3 Å². The van der Waals surface area contributed by atoms with Gasteiger partial charge >= 0.3 is 0 Å². The van der Waals surface area contributed by atoms with Crippen LogP contribution in [0.3, 0.4) is 0 Å². The third kappa shape index (κ3) is 4.14. The SMILES string of the molecule is Cc1cnc2[nH]cc(Cc3ccc(CCc4ccccc4N(C)C)nc3F)c2c1. The minimum atomic E-state index is -0.390. The minimum Gasteiger partial charge on any atom is -0.377 e. The Kier molecular flexibility index (Phi) is 5.30. The normalized spacial score (nSPS) is 11.2. The Morgan fingerprint density at radius 3 is 2.62 bits per heavy atom. The lowest BCUT2D eigenvalue weighted by Gasteiger charge is -2.17. The number of aromatic amines is 1. The van der Waals surface area contributed by atoms with Gasteiger partial charge in [-0.2, -0.15) is 4.39 Å². The van der Waals surface area contributed by atoms with E-state index in [1.165, 1.54) is 11.3 Å². The highest BCUT2D eigenvalue weighted by atomic mass is 19.1. The molecule has 4 aromatic rings. The number of hydrogen-bond acceptors (Lipinski definition) is 3. The molecule has 29 heavy (non-hydrogen) atoms. The van der Waals surface area contributed by atoms with Crippen molar-refractivity contribution < 1.29 is 4.39 Å². The van der Waals surface area contributed by atoms with Crippen molar-refractivity contribution >= 4 is 16.7 Å².